The third-order valence-corrected chi connectivity index (χ3v) is 5.30. The maximum absolute atomic E-state index is 11.8. The zero-order valence-electron chi connectivity index (χ0n) is 14.2. The third kappa shape index (κ3) is 4.09. The number of aromatic nitrogens is 2. The normalized spacial score (nSPS) is 11.8. The summed E-state index contributed by atoms with van der Waals surface area (Å²) in [5.41, 5.74) is 3.23. The van der Waals surface area contributed by atoms with Gasteiger partial charge in [0, 0.05) is 37.7 Å². The van der Waals surface area contributed by atoms with Crippen LogP contribution in [0.25, 0.3) is 10.9 Å². The standard InChI is InChI=1S/C17H21N5O2S/c1-22(2)25(23,24)21-17-8-7-14(12-20-17)18-10-9-13-11-19-16-6-4-3-5-15(13)16/h3-8,11-12,18-19H,9-10H2,1-2H3,(H,20,21). The van der Waals surface area contributed by atoms with Crippen molar-refractivity contribution in [3.05, 3.63) is 54.4 Å². The number of aromatic amines is 1. The number of benzene rings is 1. The number of anilines is 2. The lowest BCUT2D eigenvalue weighted by molar-refractivity contribution is 0.526. The zero-order valence-corrected chi connectivity index (χ0v) is 15.0. The predicted octanol–water partition coefficient (Wildman–Crippen LogP) is 2.44. The summed E-state index contributed by atoms with van der Waals surface area (Å²) in [4.78, 5) is 7.39. The molecule has 0 aliphatic carbocycles. The molecule has 0 saturated carbocycles. The molecule has 8 heteroatoms. The van der Waals surface area contributed by atoms with Gasteiger partial charge < -0.3 is 10.3 Å². The number of para-hydroxylation sites is 1. The number of pyridine rings is 1. The minimum absolute atomic E-state index is 0.288. The first-order valence-corrected chi connectivity index (χ1v) is 9.35. The Morgan fingerprint density at radius 3 is 2.68 bits per heavy atom. The summed E-state index contributed by atoms with van der Waals surface area (Å²) in [6.45, 7) is 0.756. The first kappa shape index (κ1) is 17.2. The largest absolute Gasteiger partial charge is 0.383 e. The second kappa shape index (κ2) is 7.12. The van der Waals surface area contributed by atoms with Crippen LogP contribution < -0.4 is 10.0 Å². The molecule has 0 aliphatic rings. The Hall–Kier alpha value is -2.58. The quantitative estimate of drug-likeness (QED) is 0.604. The Bertz CT molecular complexity index is 949. The fourth-order valence-corrected chi connectivity index (χ4v) is 3.03. The molecule has 0 unspecified atom stereocenters. The van der Waals surface area contributed by atoms with Crippen molar-refractivity contribution in [2.24, 2.45) is 0 Å². The topological polar surface area (TPSA) is 90.1 Å². The van der Waals surface area contributed by atoms with Crippen molar-refractivity contribution in [1.82, 2.24) is 14.3 Å². The van der Waals surface area contributed by atoms with Crippen LogP contribution in [0.4, 0.5) is 11.5 Å². The summed E-state index contributed by atoms with van der Waals surface area (Å²) in [6, 6.07) is 11.6. The average Bonchev–Trinajstić information content (AvgIpc) is 2.99. The van der Waals surface area contributed by atoms with Gasteiger partial charge in [-0.1, -0.05) is 18.2 Å². The average molecular weight is 359 g/mol. The molecule has 3 rings (SSSR count). The van der Waals surface area contributed by atoms with Crippen molar-refractivity contribution in [1.29, 1.82) is 0 Å². The van der Waals surface area contributed by atoms with Gasteiger partial charge in [0.05, 0.1) is 11.9 Å². The lowest BCUT2D eigenvalue weighted by atomic mass is 10.1. The summed E-state index contributed by atoms with van der Waals surface area (Å²) >= 11 is 0. The van der Waals surface area contributed by atoms with Crippen molar-refractivity contribution >= 4 is 32.6 Å². The van der Waals surface area contributed by atoms with E-state index in [0.29, 0.717) is 0 Å². The van der Waals surface area contributed by atoms with Crippen molar-refractivity contribution in [3.63, 3.8) is 0 Å². The Balaban J connectivity index is 1.57. The molecule has 0 saturated heterocycles. The highest BCUT2D eigenvalue weighted by atomic mass is 32.2. The minimum atomic E-state index is -3.53. The molecule has 0 fully saturated rings. The summed E-state index contributed by atoms with van der Waals surface area (Å²) in [7, 11) is -0.612. The molecule has 0 aliphatic heterocycles. The lowest BCUT2D eigenvalue weighted by Gasteiger charge is -2.13. The molecule has 3 N–H and O–H groups in total. The Morgan fingerprint density at radius 2 is 1.96 bits per heavy atom. The van der Waals surface area contributed by atoms with Gasteiger partial charge in [-0.15, -0.1) is 0 Å². The molecular weight excluding hydrogens is 338 g/mol. The van der Waals surface area contributed by atoms with Crippen LogP contribution in [0, 0.1) is 0 Å². The molecule has 3 aromatic rings. The van der Waals surface area contributed by atoms with E-state index in [-0.39, 0.29) is 5.82 Å². The lowest BCUT2D eigenvalue weighted by Crippen LogP contribution is -2.29. The van der Waals surface area contributed by atoms with Crippen LogP contribution >= 0.6 is 0 Å². The van der Waals surface area contributed by atoms with Crippen LogP contribution in [-0.2, 0) is 16.6 Å². The molecule has 2 aromatic heterocycles. The Kier molecular flexibility index (Phi) is 4.91. The molecule has 0 radical (unpaired) electrons. The molecule has 0 bridgehead atoms. The van der Waals surface area contributed by atoms with Crippen molar-refractivity contribution in [2.75, 3.05) is 30.7 Å². The highest BCUT2D eigenvalue weighted by Gasteiger charge is 2.13. The van der Waals surface area contributed by atoms with E-state index in [4.69, 9.17) is 0 Å². The molecule has 0 spiro atoms. The number of H-pyrrole nitrogens is 1. The molecule has 25 heavy (non-hydrogen) atoms. The van der Waals surface area contributed by atoms with Crippen LogP contribution in [-0.4, -0.2) is 43.3 Å². The minimum Gasteiger partial charge on any atom is -0.383 e. The summed E-state index contributed by atoms with van der Waals surface area (Å²) in [5.74, 6) is 0.288. The molecular formula is C17H21N5O2S. The van der Waals surface area contributed by atoms with Crippen LogP contribution in [0.5, 0.6) is 0 Å². The zero-order chi connectivity index (χ0) is 17.9. The van der Waals surface area contributed by atoms with Crippen molar-refractivity contribution in [2.45, 2.75) is 6.42 Å². The van der Waals surface area contributed by atoms with Crippen LogP contribution in [0.2, 0.25) is 0 Å². The van der Waals surface area contributed by atoms with Crippen LogP contribution in [0.1, 0.15) is 5.56 Å². The van der Waals surface area contributed by atoms with Gasteiger partial charge in [-0.25, -0.2) is 4.98 Å². The van der Waals surface area contributed by atoms with E-state index in [9.17, 15) is 8.42 Å². The monoisotopic (exact) mass is 359 g/mol. The van der Waals surface area contributed by atoms with E-state index in [1.807, 2.05) is 18.3 Å². The highest BCUT2D eigenvalue weighted by Crippen LogP contribution is 2.18. The summed E-state index contributed by atoms with van der Waals surface area (Å²) in [6.07, 6.45) is 4.52. The third-order valence-electron chi connectivity index (χ3n) is 3.88. The maximum Gasteiger partial charge on any atom is 0.302 e. The van der Waals surface area contributed by atoms with Gasteiger partial charge in [0.1, 0.15) is 5.82 Å². The number of nitrogens with zero attached hydrogens (tertiary/aromatic N) is 2. The van der Waals surface area contributed by atoms with Gasteiger partial charge in [0.15, 0.2) is 0 Å². The van der Waals surface area contributed by atoms with E-state index < -0.39 is 10.2 Å². The fraction of sp³-hybridized carbons (Fsp3) is 0.235. The summed E-state index contributed by atoms with van der Waals surface area (Å²) < 4.78 is 27.0. The highest BCUT2D eigenvalue weighted by molar-refractivity contribution is 7.90. The molecule has 0 amide bonds. The molecule has 1 aromatic carbocycles. The van der Waals surface area contributed by atoms with Gasteiger partial charge >= 0.3 is 10.2 Å². The van der Waals surface area contributed by atoms with Gasteiger partial charge in [0.25, 0.3) is 0 Å². The van der Waals surface area contributed by atoms with Crippen LogP contribution in [0.3, 0.4) is 0 Å². The van der Waals surface area contributed by atoms with Gasteiger partial charge in [0.2, 0.25) is 0 Å². The molecule has 2 heterocycles. The number of fused-ring (bicyclic) bond motifs is 1. The number of rotatable bonds is 7. The summed E-state index contributed by atoms with van der Waals surface area (Å²) in [5, 5.41) is 4.53. The van der Waals surface area contributed by atoms with Gasteiger partial charge in [-0.05, 0) is 30.2 Å². The second-order valence-electron chi connectivity index (χ2n) is 5.86. The van der Waals surface area contributed by atoms with Gasteiger partial charge in [-0.3, -0.25) is 4.72 Å². The second-order valence-corrected chi connectivity index (χ2v) is 7.74. The van der Waals surface area contributed by atoms with Crippen molar-refractivity contribution < 1.29 is 8.42 Å². The Morgan fingerprint density at radius 1 is 1.16 bits per heavy atom. The first-order chi connectivity index (χ1) is 12.0. The number of hydrogen-bond acceptors (Lipinski definition) is 4. The van der Waals surface area contributed by atoms with E-state index in [1.54, 1.807) is 18.3 Å². The molecule has 0 atom stereocenters. The Labute approximate surface area is 147 Å². The first-order valence-electron chi connectivity index (χ1n) is 7.91. The van der Waals surface area contributed by atoms with E-state index >= 15 is 0 Å². The fourth-order valence-electron chi connectivity index (χ4n) is 2.46. The number of hydrogen-bond donors (Lipinski definition) is 3. The van der Waals surface area contributed by atoms with Crippen molar-refractivity contribution in [3.8, 4) is 0 Å². The SMILES string of the molecule is CN(C)S(=O)(=O)Nc1ccc(NCCc2c[nH]c3ccccc23)cn1. The number of nitrogens with one attached hydrogen (secondary N) is 3. The van der Waals surface area contributed by atoms with Gasteiger partial charge in [-0.2, -0.15) is 12.7 Å². The van der Waals surface area contributed by atoms with E-state index in [1.165, 1.54) is 25.0 Å². The van der Waals surface area contributed by atoms with Crippen LogP contribution in [0.15, 0.2) is 48.8 Å². The predicted molar refractivity (Wildman–Crippen MR) is 101 cm³/mol. The smallest absolute Gasteiger partial charge is 0.302 e. The molecule has 7 nitrogen and oxygen atoms in total. The van der Waals surface area contributed by atoms with E-state index in [0.717, 1.165) is 28.5 Å². The molecule has 132 valence electrons. The maximum atomic E-state index is 11.8. The van der Waals surface area contributed by atoms with E-state index in [2.05, 4.69) is 32.1 Å².